The van der Waals surface area contributed by atoms with Gasteiger partial charge in [0.15, 0.2) is 5.69 Å². The van der Waals surface area contributed by atoms with Gasteiger partial charge in [-0.3, -0.25) is 9.89 Å². The van der Waals surface area contributed by atoms with Gasteiger partial charge in [0.2, 0.25) is 0 Å². The second-order valence-corrected chi connectivity index (χ2v) is 7.45. The summed E-state index contributed by atoms with van der Waals surface area (Å²) >= 11 is 0. The predicted octanol–water partition coefficient (Wildman–Crippen LogP) is 1.80. The minimum atomic E-state index is -0.0566. The zero-order chi connectivity index (χ0) is 19.1. The van der Waals surface area contributed by atoms with Crippen molar-refractivity contribution < 1.29 is 9.53 Å². The summed E-state index contributed by atoms with van der Waals surface area (Å²) in [5.41, 5.74) is 3.46. The van der Waals surface area contributed by atoms with Gasteiger partial charge in [-0.15, -0.1) is 0 Å². The van der Waals surface area contributed by atoms with E-state index in [2.05, 4.69) is 25.1 Å². The molecule has 0 spiro atoms. The smallest absolute Gasteiger partial charge is 0.274 e. The second-order valence-electron chi connectivity index (χ2n) is 7.45. The van der Waals surface area contributed by atoms with Crippen LogP contribution in [0.4, 0.5) is 5.82 Å². The maximum Gasteiger partial charge on any atom is 0.274 e. The van der Waals surface area contributed by atoms with E-state index in [-0.39, 0.29) is 18.1 Å². The van der Waals surface area contributed by atoms with Crippen LogP contribution >= 0.6 is 0 Å². The lowest BCUT2D eigenvalue weighted by Gasteiger charge is -2.35. The number of aromatic nitrogens is 4. The molecule has 2 aliphatic rings. The Bertz CT molecular complexity index is 836. The molecular formula is C19H26N6O2. The van der Waals surface area contributed by atoms with Crippen molar-refractivity contribution in [2.75, 3.05) is 31.1 Å². The molecule has 1 saturated heterocycles. The lowest BCUT2D eigenvalue weighted by molar-refractivity contribution is -0.00702. The van der Waals surface area contributed by atoms with Crippen molar-refractivity contribution in [3.05, 3.63) is 34.5 Å². The van der Waals surface area contributed by atoms with Gasteiger partial charge in [-0.2, -0.15) is 5.10 Å². The fourth-order valence-electron chi connectivity index (χ4n) is 4.00. The van der Waals surface area contributed by atoms with Crippen LogP contribution in [0.5, 0.6) is 0 Å². The average molecular weight is 370 g/mol. The molecule has 2 aliphatic heterocycles. The summed E-state index contributed by atoms with van der Waals surface area (Å²) in [4.78, 5) is 26.0. The number of nitrogens with zero attached hydrogens (tertiary/aromatic N) is 5. The Morgan fingerprint density at radius 1 is 1.19 bits per heavy atom. The van der Waals surface area contributed by atoms with E-state index in [0.29, 0.717) is 18.8 Å². The molecule has 0 aliphatic carbocycles. The molecule has 2 aromatic rings. The van der Waals surface area contributed by atoms with Gasteiger partial charge >= 0.3 is 0 Å². The molecule has 8 nitrogen and oxygen atoms in total. The fraction of sp³-hybridized carbons (Fsp3) is 0.579. The van der Waals surface area contributed by atoms with Crippen molar-refractivity contribution in [3.63, 3.8) is 0 Å². The predicted molar refractivity (Wildman–Crippen MR) is 101 cm³/mol. The van der Waals surface area contributed by atoms with Crippen LogP contribution in [0.2, 0.25) is 0 Å². The summed E-state index contributed by atoms with van der Waals surface area (Å²) in [5, 5.41) is 7.34. The maximum absolute atomic E-state index is 13.1. The molecule has 1 N–H and O–H groups in total. The summed E-state index contributed by atoms with van der Waals surface area (Å²) in [6.45, 7) is 10.7. The lowest BCUT2D eigenvalue weighted by Crippen LogP contribution is -2.49. The number of fused-ring (bicyclic) bond motifs is 1. The summed E-state index contributed by atoms with van der Waals surface area (Å²) in [6.07, 6.45) is 0.757. The number of aromatic amines is 1. The average Bonchev–Trinajstić information content (AvgIpc) is 3.04. The Balaban J connectivity index is 1.47. The molecule has 0 unspecified atom stereocenters. The summed E-state index contributed by atoms with van der Waals surface area (Å²) < 4.78 is 5.82. The van der Waals surface area contributed by atoms with Gasteiger partial charge < -0.3 is 14.5 Å². The van der Waals surface area contributed by atoms with Crippen LogP contribution in [0, 0.1) is 13.8 Å². The number of ether oxygens (including phenoxy) is 1. The van der Waals surface area contributed by atoms with Crippen LogP contribution in [0.1, 0.15) is 53.2 Å². The van der Waals surface area contributed by atoms with Crippen molar-refractivity contribution in [1.29, 1.82) is 0 Å². The molecule has 27 heavy (non-hydrogen) atoms. The Labute approximate surface area is 158 Å². The number of hydrogen-bond donors (Lipinski definition) is 1. The number of carbonyl (C=O) groups is 1. The van der Waals surface area contributed by atoms with Crippen LogP contribution in [-0.2, 0) is 11.2 Å². The molecule has 0 saturated carbocycles. The minimum Gasteiger partial charge on any atom is -0.369 e. The number of nitrogens with one attached hydrogen (secondary N) is 1. The molecule has 144 valence electrons. The molecular weight excluding hydrogens is 344 g/mol. The van der Waals surface area contributed by atoms with Gasteiger partial charge in [-0.25, -0.2) is 9.97 Å². The number of carbonyl (C=O) groups excluding carboxylic acids is 1. The molecule has 2 aromatic heterocycles. The Kier molecular flexibility index (Phi) is 4.59. The van der Waals surface area contributed by atoms with Gasteiger partial charge in [-0.05, 0) is 27.7 Å². The number of piperazine rings is 1. The number of anilines is 1. The second kappa shape index (κ2) is 6.92. The zero-order valence-corrected chi connectivity index (χ0v) is 16.3. The van der Waals surface area contributed by atoms with E-state index in [9.17, 15) is 4.79 Å². The molecule has 4 rings (SSSR count). The number of H-pyrrole nitrogens is 1. The Morgan fingerprint density at radius 3 is 2.63 bits per heavy atom. The largest absolute Gasteiger partial charge is 0.369 e. The van der Waals surface area contributed by atoms with E-state index in [1.807, 2.05) is 38.7 Å². The lowest BCUT2D eigenvalue weighted by atomic mass is 9.99. The maximum atomic E-state index is 13.1. The van der Waals surface area contributed by atoms with E-state index in [1.165, 1.54) is 0 Å². The number of rotatable bonds is 2. The highest BCUT2D eigenvalue weighted by Crippen LogP contribution is 2.30. The van der Waals surface area contributed by atoms with Gasteiger partial charge in [-0.1, -0.05) is 0 Å². The standard InChI is InChI=1S/C19H26N6O2/c1-11-9-16(21-14(4)20-11)24-5-7-25(8-6-24)19(26)18-15-10-12(2)27-13(3)17(15)22-23-18/h9,12-13H,5-8,10H2,1-4H3,(H,22,23)/t12-,13+/m1/s1. The fourth-order valence-corrected chi connectivity index (χ4v) is 4.00. The first kappa shape index (κ1) is 17.9. The third-order valence-electron chi connectivity index (χ3n) is 5.28. The first-order chi connectivity index (χ1) is 12.9. The summed E-state index contributed by atoms with van der Waals surface area (Å²) in [6, 6.07) is 2.00. The van der Waals surface area contributed by atoms with Crippen LogP contribution in [-0.4, -0.2) is 63.3 Å². The minimum absolute atomic E-state index is 0.00324. The molecule has 0 bridgehead atoms. The van der Waals surface area contributed by atoms with E-state index in [4.69, 9.17) is 4.74 Å². The van der Waals surface area contributed by atoms with Crippen LogP contribution in [0.3, 0.4) is 0 Å². The summed E-state index contributed by atoms with van der Waals surface area (Å²) in [7, 11) is 0. The third-order valence-corrected chi connectivity index (χ3v) is 5.28. The molecule has 4 heterocycles. The number of amides is 1. The summed E-state index contributed by atoms with van der Waals surface area (Å²) in [5.74, 6) is 1.71. The molecule has 8 heteroatoms. The number of hydrogen-bond acceptors (Lipinski definition) is 6. The van der Waals surface area contributed by atoms with E-state index >= 15 is 0 Å². The Hall–Kier alpha value is -2.48. The van der Waals surface area contributed by atoms with Gasteiger partial charge in [0.1, 0.15) is 11.6 Å². The van der Waals surface area contributed by atoms with Crippen LogP contribution in [0.25, 0.3) is 0 Å². The van der Waals surface area contributed by atoms with Gasteiger partial charge in [0, 0.05) is 49.9 Å². The zero-order valence-electron chi connectivity index (χ0n) is 16.3. The van der Waals surface area contributed by atoms with E-state index < -0.39 is 0 Å². The first-order valence-electron chi connectivity index (χ1n) is 9.51. The van der Waals surface area contributed by atoms with Crippen LogP contribution < -0.4 is 4.90 Å². The van der Waals surface area contributed by atoms with Crippen molar-refractivity contribution >= 4 is 11.7 Å². The van der Waals surface area contributed by atoms with Crippen molar-refractivity contribution in [3.8, 4) is 0 Å². The van der Waals surface area contributed by atoms with Crippen LogP contribution in [0.15, 0.2) is 6.07 Å². The molecule has 2 atom stereocenters. The molecule has 1 fully saturated rings. The highest BCUT2D eigenvalue weighted by atomic mass is 16.5. The Morgan fingerprint density at radius 2 is 1.93 bits per heavy atom. The van der Waals surface area contributed by atoms with Crippen molar-refractivity contribution in [1.82, 2.24) is 25.1 Å². The van der Waals surface area contributed by atoms with Crippen molar-refractivity contribution in [2.24, 2.45) is 0 Å². The SMILES string of the molecule is Cc1cc(N2CCN(C(=O)c3n[nH]c4c3C[C@@H](C)O[C@H]4C)CC2)nc(C)n1. The van der Waals surface area contributed by atoms with Gasteiger partial charge in [0.25, 0.3) is 5.91 Å². The topological polar surface area (TPSA) is 87.2 Å². The normalized spacial score (nSPS) is 22.7. The van der Waals surface area contributed by atoms with E-state index in [0.717, 1.165) is 48.1 Å². The monoisotopic (exact) mass is 370 g/mol. The third kappa shape index (κ3) is 3.41. The molecule has 0 aromatic carbocycles. The number of aryl methyl sites for hydroxylation is 2. The molecule has 0 radical (unpaired) electrons. The van der Waals surface area contributed by atoms with Crippen molar-refractivity contribution in [2.45, 2.75) is 46.3 Å². The highest BCUT2D eigenvalue weighted by molar-refractivity contribution is 5.94. The van der Waals surface area contributed by atoms with E-state index in [1.54, 1.807) is 0 Å². The first-order valence-corrected chi connectivity index (χ1v) is 9.51. The quantitative estimate of drug-likeness (QED) is 0.867. The molecule has 1 amide bonds. The van der Waals surface area contributed by atoms with Gasteiger partial charge in [0.05, 0.1) is 17.9 Å². The highest BCUT2D eigenvalue weighted by Gasteiger charge is 2.32.